The van der Waals surface area contributed by atoms with Gasteiger partial charge in [0, 0.05) is 10.6 Å². The molecule has 1 heterocycles. The Hall–Kier alpha value is -2.79. The first-order chi connectivity index (χ1) is 12.2. The molecule has 0 aliphatic rings. The number of rotatable bonds is 6. The van der Waals surface area contributed by atoms with Gasteiger partial charge in [0.1, 0.15) is 18.1 Å². The minimum atomic E-state index is -0.413. The number of hydrogen-bond donors (Lipinski definition) is 1. The topological polar surface area (TPSA) is 64.2 Å². The summed E-state index contributed by atoms with van der Waals surface area (Å²) in [6.07, 6.45) is 0. The van der Waals surface area contributed by atoms with Gasteiger partial charge in [0.2, 0.25) is 0 Å². The van der Waals surface area contributed by atoms with Crippen LogP contribution < -0.4 is 4.74 Å². The largest absolute Gasteiger partial charge is 0.489 e. The Morgan fingerprint density at radius 2 is 1.84 bits per heavy atom. The van der Waals surface area contributed by atoms with Crippen LogP contribution in [0.2, 0.25) is 5.02 Å². The average Bonchev–Trinajstić information content (AvgIpc) is 3.12. The number of halogens is 1. The number of aromatic amines is 1. The van der Waals surface area contributed by atoms with Crippen molar-refractivity contribution in [2.24, 2.45) is 0 Å². The van der Waals surface area contributed by atoms with E-state index in [0.29, 0.717) is 29.6 Å². The van der Waals surface area contributed by atoms with Gasteiger partial charge in [-0.05, 0) is 55.0 Å². The Labute approximate surface area is 150 Å². The lowest BCUT2D eigenvalue weighted by Crippen LogP contribution is -2.04. The average molecular weight is 357 g/mol. The molecule has 1 N–H and O–H groups in total. The standard InChI is InChI=1S/C19H17ClN2O3/c1-2-24-19(23)18-11-17(21-22-18)14-5-9-16(10-6-14)25-12-13-3-7-15(20)8-4-13/h3-11H,2,12H2,1H3,(H,21,22). The van der Waals surface area contributed by atoms with Crippen LogP contribution in [0, 0.1) is 0 Å². The minimum absolute atomic E-state index is 0.326. The summed E-state index contributed by atoms with van der Waals surface area (Å²) in [6.45, 7) is 2.55. The smallest absolute Gasteiger partial charge is 0.356 e. The summed E-state index contributed by atoms with van der Waals surface area (Å²) in [5.41, 5.74) is 2.93. The van der Waals surface area contributed by atoms with E-state index < -0.39 is 5.97 Å². The molecule has 3 rings (SSSR count). The number of H-pyrrole nitrogens is 1. The summed E-state index contributed by atoms with van der Waals surface area (Å²) < 4.78 is 10.7. The Bertz CT molecular complexity index is 842. The molecule has 1 aromatic heterocycles. The maximum Gasteiger partial charge on any atom is 0.356 e. The van der Waals surface area contributed by atoms with Crippen LogP contribution in [0.5, 0.6) is 5.75 Å². The Balaban J connectivity index is 1.64. The number of hydrogen-bond acceptors (Lipinski definition) is 4. The fourth-order valence-electron chi connectivity index (χ4n) is 2.25. The molecule has 0 atom stereocenters. The second-order valence-electron chi connectivity index (χ2n) is 5.33. The van der Waals surface area contributed by atoms with E-state index in [1.165, 1.54) is 0 Å². The van der Waals surface area contributed by atoms with Crippen molar-refractivity contribution in [2.75, 3.05) is 6.61 Å². The lowest BCUT2D eigenvalue weighted by atomic mass is 10.1. The van der Waals surface area contributed by atoms with Crippen molar-refractivity contribution in [2.45, 2.75) is 13.5 Å². The minimum Gasteiger partial charge on any atom is -0.489 e. The van der Waals surface area contributed by atoms with Crippen LogP contribution in [0.3, 0.4) is 0 Å². The van der Waals surface area contributed by atoms with Gasteiger partial charge in [-0.25, -0.2) is 4.79 Å². The SMILES string of the molecule is CCOC(=O)c1cc(-c2ccc(OCc3ccc(Cl)cc3)cc2)n[nH]1. The van der Waals surface area contributed by atoms with Crippen LogP contribution in [0.4, 0.5) is 0 Å². The van der Waals surface area contributed by atoms with E-state index in [1.807, 2.05) is 48.5 Å². The lowest BCUT2D eigenvalue weighted by Gasteiger charge is -2.07. The molecule has 128 valence electrons. The molecule has 0 unspecified atom stereocenters. The third-order valence-corrected chi connectivity index (χ3v) is 3.79. The summed E-state index contributed by atoms with van der Waals surface area (Å²) in [4.78, 5) is 11.7. The van der Waals surface area contributed by atoms with E-state index in [4.69, 9.17) is 21.1 Å². The fraction of sp³-hybridized carbons (Fsp3) is 0.158. The van der Waals surface area contributed by atoms with Crippen molar-refractivity contribution < 1.29 is 14.3 Å². The first-order valence-electron chi connectivity index (χ1n) is 7.86. The maximum atomic E-state index is 11.7. The summed E-state index contributed by atoms with van der Waals surface area (Å²) in [7, 11) is 0. The second-order valence-corrected chi connectivity index (χ2v) is 5.76. The number of nitrogens with zero attached hydrogens (tertiary/aromatic N) is 1. The highest BCUT2D eigenvalue weighted by atomic mass is 35.5. The number of carbonyl (C=O) groups is 1. The van der Waals surface area contributed by atoms with Crippen molar-refractivity contribution in [1.82, 2.24) is 10.2 Å². The van der Waals surface area contributed by atoms with Gasteiger partial charge in [-0.15, -0.1) is 0 Å². The predicted molar refractivity (Wildman–Crippen MR) is 95.8 cm³/mol. The van der Waals surface area contributed by atoms with E-state index in [-0.39, 0.29) is 0 Å². The molecule has 6 heteroatoms. The third kappa shape index (κ3) is 4.39. The van der Waals surface area contributed by atoms with E-state index in [9.17, 15) is 4.79 Å². The molecule has 0 fully saturated rings. The highest BCUT2D eigenvalue weighted by Gasteiger charge is 2.11. The number of nitrogens with one attached hydrogen (secondary N) is 1. The first kappa shape index (κ1) is 17.0. The molecule has 0 amide bonds. The number of ether oxygens (including phenoxy) is 2. The normalized spacial score (nSPS) is 10.5. The number of esters is 1. The van der Waals surface area contributed by atoms with Crippen molar-refractivity contribution >= 4 is 17.6 Å². The van der Waals surface area contributed by atoms with Gasteiger partial charge in [0.05, 0.1) is 12.3 Å². The Morgan fingerprint density at radius 3 is 2.52 bits per heavy atom. The van der Waals surface area contributed by atoms with E-state index >= 15 is 0 Å². The molecule has 0 aliphatic heterocycles. The maximum absolute atomic E-state index is 11.7. The summed E-state index contributed by atoms with van der Waals surface area (Å²) in [6, 6.07) is 16.7. The lowest BCUT2D eigenvalue weighted by molar-refractivity contribution is 0.0519. The molecular weight excluding hydrogens is 340 g/mol. The van der Waals surface area contributed by atoms with Gasteiger partial charge >= 0.3 is 5.97 Å². The summed E-state index contributed by atoms with van der Waals surface area (Å²) in [5, 5.41) is 7.53. The highest BCUT2D eigenvalue weighted by molar-refractivity contribution is 6.30. The van der Waals surface area contributed by atoms with Gasteiger partial charge in [0.15, 0.2) is 0 Å². The zero-order valence-electron chi connectivity index (χ0n) is 13.7. The van der Waals surface area contributed by atoms with Gasteiger partial charge in [0.25, 0.3) is 0 Å². The van der Waals surface area contributed by atoms with E-state index in [1.54, 1.807) is 13.0 Å². The molecular formula is C19H17ClN2O3. The molecule has 0 spiro atoms. The number of aromatic nitrogens is 2. The van der Waals surface area contributed by atoms with Gasteiger partial charge in [-0.1, -0.05) is 23.7 Å². The molecule has 0 saturated carbocycles. The third-order valence-electron chi connectivity index (χ3n) is 3.54. The molecule has 0 saturated heterocycles. The summed E-state index contributed by atoms with van der Waals surface area (Å²) in [5.74, 6) is 0.337. The van der Waals surface area contributed by atoms with Crippen LogP contribution in [0.1, 0.15) is 23.0 Å². The van der Waals surface area contributed by atoms with Gasteiger partial charge < -0.3 is 9.47 Å². The van der Waals surface area contributed by atoms with Crippen molar-refractivity contribution in [3.63, 3.8) is 0 Å². The second kappa shape index (κ2) is 7.85. The molecule has 0 bridgehead atoms. The number of carbonyl (C=O) groups excluding carboxylic acids is 1. The van der Waals surface area contributed by atoms with Crippen LogP contribution in [0.15, 0.2) is 54.6 Å². The molecule has 0 radical (unpaired) electrons. The molecule has 2 aromatic carbocycles. The van der Waals surface area contributed by atoms with E-state index in [0.717, 1.165) is 16.9 Å². The van der Waals surface area contributed by atoms with Crippen molar-refractivity contribution in [3.05, 3.63) is 70.9 Å². The van der Waals surface area contributed by atoms with Crippen LogP contribution >= 0.6 is 11.6 Å². The van der Waals surface area contributed by atoms with Crippen molar-refractivity contribution in [3.8, 4) is 17.0 Å². The van der Waals surface area contributed by atoms with E-state index in [2.05, 4.69) is 10.2 Å². The fourth-order valence-corrected chi connectivity index (χ4v) is 2.38. The zero-order valence-corrected chi connectivity index (χ0v) is 14.4. The molecule has 25 heavy (non-hydrogen) atoms. The number of benzene rings is 2. The summed E-state index contributed by atoms with van der Waals surface area (Å²) >= 11 is 5.87. The monoisotopic (exact) mass is 356 g/mol. The quantitative estimate of drug-likeness (QED) is 0.661. The molecule has 3 aromatic rings. The van der Waals surface area contributed by atoms with Gasteiger partial charge in [-0.3, -0.25) is 5.10 Å². The zero-order chi connectivity index (χ0) is 17.6. The first-order valence-corrected chi connectivity index (χ1v) is 8.23. The Kier molecular flexibility index (Phi) is 5.36. The van der Waals surface area contributed by atoms with Crippen LogP contribution in [0.25, 0.3) is 11.3 Å². The highest BCUT2D eigenvalue weighted by Crippen LogP contribution is 2.22. The predicted octanol–water partition coefficient (Wildman–Crippen LogP) is 4.49. The Morgan fingerprint density at radius 1 is 1.12 bits per heavy atom. The van der Waals surface area contributed by atoms with Crippen LogP contribution in [-0.4, -0.2) is 22.8 Å². The van der Waals surface area contributed by atoms with Gasteiger partial charge in [-0.2, -0.15) is 5.10 Å². The molecule has 0 aliphatic carbocycles. The molecule has 5 nitrogen and oxygen atoms in total. The van der Waals surface area contributed by atoms with Crippen molar-refractivity contribution in [1.29, 1.82) is 0 Å². The van der Waals surface area contributed by atoms with Crippen LogP contribution in [-0.2, 0) is 11.3 Å².